The standard InChI is InChI=1S/C18H13Cl2N3O2/c1-11-9-12(4-6-15(11)25-13-3-2-8-21-10-13)22-18(24)17-14(19)5-7-16(20)23-17/h2-10H,1H3,(H,22,24). The minimum atomic E-state index is -0.437. The molecule has 0 saturated heterocycles. The van der Waals surface area contributed by atoms with Gasteiger partial charge in [0.25, 0.3) is 5.91 Å². The predicted molar refractivity (Wildman–Crippen MR) is 97.7 cm³/mol. The molecule has 0 aliphatic carbocycles. The number of benzene rings is 1. The third-order valence-corrected chi connectivity index (χ3v) is 3.84. The highest BCUT2D eigenvalue weighted by atomic mass is 35.5. The van der Waals surface area contributed by atoms with Gasteiger partial charge in [0.15, 0.2) is 0 Å². The number of hydrogen-bond donors (Lipinski definition) is 1. The number of aryl methyl sites for hydroxylation is 1. The van der Waals surface area contributed by atoms with Crippen LogP contribution in [0.2, 0.25) is 10.2 Å². The molecule has 0 atom stereocenters. The van der Waals surface area contributed by atoms with Crippen LogP contribution in [0.3, 0.4) is 0 Å². The lowest BCUT2D eigenvalue weighted by Crippen LogP contribution is -2.14. The summed E-state index contributed by atoms with van der Waals surface area (Å²) in [4.78, 5) is 20.3. The maximum Gasteiger partial charge on any atom is 0.275 e. The molecule has 2 aromatic heterocycles. The lowest BCUT2D eigenvalue weighted by Gasteiger charge is -2.11. The van der Waals surface area contributed by atoms with E-state index >= 15 is 0 Å². The number of carbonyl (C=O) groups excluding carboxylic acids is 1. The van der Waals surface area contributed by atoms with Gasteiger partial charge in [0.1, 0.15) is 22.3 Å². The molecule has 0 fully saturated rings. The van der Waals surface area contributed by atoms with E-state index in [1.807, 2.05) is 13.0 Å². The molecule has 3 aromatic rings. The van der Waals surface area contributed by atoms with E-state index in [9.17, 15) is 4.79 Å². The molecule has 126 valence electrons. The van der Waals surface area contributed by atoms with E-state index in [0.29, 0.717) is 17.2 Å². The number of rotatable bonds is 4. The predicted octanol–water partition coefficient (Wildman–Crippen LogP) is 5.14. The van der Waals surface area contributed by atoms with Crippen LogP contribution < -0.4 is 10.1 Å². The second-order valence-electron chi connectivity index (χ2n) is 5.19. The highest BCUT2D eigenvalue weighted by molar-refractivity contribution is 6.35. The van der Waals surface area contributed by atoms with Crippen molar-refractivity contribution in [3.63, 3.8) is 0 Å². The monoisotopic (exact) mass is 373 g/mol. The van der Waals surface area contributed by atoms with Gasteiger partial charge in [-0.1, -0.05) is 23.2 Å². The van der Waals surface area contributed by atoms with Gasteiger partial charge in [-0.3, -0.25) is 9.78 Å². The third-order valence-electron chi connectivity index (χ3n) is 3.32. The Labute approximate surface area is 154 Å². The summed E-state index contributed by atoms with van der Waals surface area (Å²) in [6.45, 7) is 1.88. The molecular formula is C18H13Cl2N3O2. The van der Waals surface area contributed by atoms with Crippen LogP contribution in [0.5, 0.6) is 11.5 Å². The van der Waals surface area contributed by atoms with Gasteiger partial charge in [0.2, 0.25) is 0 Å². The molecule has 0 unspecified atom stereocenters. The molecule has 25 heavy (non-hydrogen) atoms. The fraction of sp³-hybridized carbons (Fsp3) is 0.0556. The number of nitrogens with zero attached hydrogens (tertiary/aromatic N) is 2. The van der Waals surface area contributed by atoms with E-state index in [0.717, 1.165) is 5.56 Å². The average molecular weight is 374 g/mol. The quantitative estimate of drug-likeness (QED) is 0.643. The Morgan fingerprint density at radius 2 is 2.00 bits per heavy atom. The van der Waals surface area contributed by atoms with Crippen LogP contribution in [0.15, 0.2) is 54.9 Å². The van der Waals surface area contributed by atoms with Crippen molar-refractivity contribution < 1.29 is 9.53 Å². The summed E-state index contributed by atoms with van der Waals surface area (Å²) in [5, 5.41) is 3.18. The number of ether oxygens (including phenoxy) is 1. The van der Waals surface area contributed by atoms with Gasteiger partial charge in [0, 0.05) is 11.9 Å². The maximum atomic E-state index is 12.3. The Hall–Kier alpha value is -2.63. The Bertz CT molecular complexity index is 917. The highest BCUT2D eigenvalue weighted by Gasteiger charge is 2.14. The molecule has 0 radical (unpaired) electrons. The van der Waals surface area contributed by atoms with Crippen LogP contribution in [0.4, 0.5) is 5.69 Å². The Morgan fingerprint density at radius 3 is 2.72 bits per heavy atom. The van der Waals surface area contributed by atoms with Crippen LogP contribution in [0.1, 0.15) is 16.1 Å². The normalized spacial score (nSPS) is 10.4. The van der Waals surface area contributed by atoms with Crippen molar-refractivity contribution in [2.24, 2.45) is 0 Å². The van der Waals surface area contributed by atoms with Crippen molar-refractivity contribution in [3.8, 4) is 11.5 Å². The Kier molecular flexibility index (Phi) is 5.16. The topological polar surface area (TPSA) is 64.1 Å². The van der Waals surface area contributed by atoms with E-state index in [1.54, 1.807) is 36.7 Å². The van der Waals surface area contributed by atoms with Gasteiger partial charge < -0.3 is 10.1 Å². The fourth-order valence-electron chi connectivity index (χ4n) is 2.14. The third kappa shape index (κ3) is 4.26. The van der Waals surface area contributed by atoms with Crippen molar-refractivity contribution >= 4 is 34.8 Å². The molecule has 1 N–H and O–H groups in total. The molecular weight excluding hydrogens is 361 g/mol. The molecule has 0 saturated carbocycles. The fourth-order valence-corrected chi connectivity index (χ4v) is 2.48. The lowest BCUT2D eigenvalue weighted by atomic mass is 10.2. The average Bonchev–Trinajstić information content (AvgIpc) is 2.60. The van der Waals surface area contributed by atoms with Crippen molar-refractivity contribution in [1.29, 1.82) is 0 Å². The largest absolute Gasteiger partial charge is 0.455 e. The maximum absolute atomic E-state index is 12.3. The van der Waals surface area contributed by atoms with E-state index in [4.69, 9.17) is 27.9 Å². The van der Waals surface area contributed by atoms with Crippen LogP contribution in [0.25, 0.3) is 0 Å². The molecule has 5 nitrogen and oxygen atoms in total. The number of hydrogen-bond acceptors (Lipinski definition) is 4. The van der Waals surface area contributed by atoms with Gasteiger partial charge in [-0.15, -0.1) is 0 Å². The smallest absolute Gasteiger partial charge is 0.275 e. The molecule has 1 aromatic carbocycles. The number of amides is 1. The molecule has 0 aliphatic rings. The number of nitrogens with one attached hydrogen (secondary N) is 1. The summed E-state index contributed by atoms with van der Waals surface area (Å²) < 4.78 is 5.76. The Balaban J connectivity index is 1.76. The molecule has 7 heteroatoms. The molecule has 1 amide bonds. The molecule has 0 aliphatic heterocycles. The van der Waals surface area contributed by atoms with Crippen LogP contribution in [-0.2, 0) is 0 Å². The molecule has 0 spiro atoms. The number of anilines is 1. The van der Waals surface area contributed by atoms with Crippen LogP contribution >= 0.6 is 23.2 Å². The van der Waals surface area contributed by atoms with Crippen molar-refractivity contribution in [3.05, 3.63) is 76.3 Å². The lowest BCUT2D eigenvalue weighted by molar-refractivity contribution is 0.102. The minimum absolute atomic E-state index is 0.0718. The minimum Gasteiger partial charge on any atom is -0.455 e. The van der Waals surface area contributed by atoms with E-state index in [1.165, 1.54) is 12.1 Å². The summed E-state index contributed by atoms with van der Waals surface area (Å²) in [7, 11) is 0. The number of aromatic nitrogens is 2. The summed E-state index contributed by atoms with van der Waals surface area (Å²) in [5.41, 5.74) is 1.52. The first-order valence-corrected chi connectivity index (χ1v) is 8.10. The van der Waals surface area contributed by atoms with E-state index in [2.05, 4.69) is 15.3 Å². The van der Waals surface area contributed by atoms with Gasteiger partial charge >= 0.3 is 0 Å². The van der Waals surface area contributed by atoms with Gasteiger partial charge in [-0.05, 0) is 55.0 Å². The number of pyridine rings is 2. The summed E-state index contributed by atoms with van der Waals surface area (Å²) in [6, 6.07) is 12.0. The zero-order valence-corrected chi connectivity index (χ0v) is 14.7. The summed E-state index contributed by atoms with van der Waals surface area (Å²) >= 11 is 11.8. The highest BCUT2D eigenvalue weighted by Crippen LogP contribution is 2.27. The zero-order chi connectivity index (χ0) is 17.8. The SMILES string of the molecule is Cc1cc(NC(=O)c2nc(Cl)ccc2Cl)ccc1Oc1cccnc1. The second-order valence-corrected chi connectivity index (χ2v) is 5.98. The first-order valence-electron chi connectivity index (χ1n) is 7.35. The number of carbonyl (C=O) groups is 1. The number of halogens is 2. The molecule has 3 rings (SSSR count). The first-order chi connectivity index (χ1) is 12.0. The molecule has 0 bridgehead atoms. The second kappa shape index (κ2) is 7.51. The first kappa shape index (κ1) is 17.2. The van der Waals surface area contributed by atoms with Gasteiger partial charge in [0.05, 0.1) is 11.2 Å². The summed E-state index contributed by atoms with van der Waals surface area (Å²) in [5.74, 6) is 0.870. The van der Waals surface area contributed by atoms with E-state index < -0.39 is 5.91 Å². The van der Waals surface area contributed by atoms with Crippen molar-refractivity contribution in [2.75, 3.05) is 5.32 Å². The zero-order valence-electron chi connectivity index (χ0n) is 13.2. The van der Waals surface area contributed by atoms with Crippen molar-refractivity contribution in [2.45, 2.75) is 6.92 Å². The Morgan fingerprint density at radius 1 is 1.16 bits per heavy atom. The van der Waals surface area contributed by atoms with E-state index in [-0.39, 0.29) is 15.9 Å². The molecule has 2 heterocycles. The van der Waals surface area contributed by atoms with Gasteiger partial charge in [-0.2, -0.15) is 0 Å². The van der Waals surface area contributed by atoms with Crippen LogP contribution in [-0.4, -0.2) is 15.9 Å². The van der Waals surface area contributed by atoms with Crippen molar-refractivity contribution in [1.82, 2.24) is 9.97 Å². The van der Waals surface area contributed by atoms with Crippen LogP contribution in [0, 0.1) is 6.92 Å². The summed E-state index contributed by atoms with van der Waals surface area (Å²) in [6.07, 6.45) is 3.30. The van der Waals surface area contributed by atoms with Gasteiger partial charge in [-0.25, -0.2) is 4.98 Å².